The van der Waals surface area contributed by atoms with Gasteiger partial charge in [-0.2, -0.15) is 0 Å². The number of pyridine rings is 1. The summed E-state index contributed by atoms with van der Waals surface area (Å²) in [7, 11) is 0. The fourth-order valence-corrected chi connectivity index (χ4v) is 3.36. The number of rotatable bonds is 5. The molecule has 4 rings (SSSR count). The Bertz CT molecular complexity index is 632. The van der Waals surface area contributed by atoms with Crippen molar-refractivity contribution in [1.29, 1.82) is 0 Å². The fourth-order valence-electron chi connectivity index (χ4n) is 3.36. The lowest BCUT2D eigenvalue weighted by Gasteiger charge is -2.50. The number of aromatic nitrogens is 3. The first-order valence-corrected chi connectivity index (χ1v) is 7.99. The molecule has 2 fully saturated rings. The van der Waals surface area contributed by atoms with Crippen molar-refractivity contribution in [3.05, 3.63) is 48.5 Å². The Kier molecular flexibility index (Phi) is 3.93. The summed E-state index contributed by atoms with van der Waals surface area (Å²) < 4.78 is 11.9. The van der Waals surface area contributed by atoms with Gasteiger partial charge in [0, 0.05) is 31.1 Å². The largest absolute Gasteiger partial charge is 0.375 e. The van der Waals surface area contributed by atoms with Crippen LogP contribution in [-0.4, -0.2) is 46.9 Å². The van der Waals surface area contributed by atoms with Crippen LogP contribution >= 0.6 is 0 Å². The lowest BCUT2D eigenvalue weighted by atomic mass is 9.81. The molecule has 0 N–H and O–H groups in total. The van der Waals surface area contributed by atoms with Gasteiger partial charge in [0.25, 0.3) is 0 Å². The highest BCUT2D eigenvalue weighted by molar-refractivity contribution is 5.37. The maximum Gasteiger partial charge on any atom is 0.225 e. The highest BCUT2D eigenvalue weighted by atomic mass is 16.5. The monoisotopic (exact) mass is 312 g/mol. The first-order valence-electron chi connectivity index (χ1n) is 7.99. The van der Waals surface area contributed by atoms with Crippen LogP contribution < -0.4 is 4.90 Å². The molecule has 2 aliphatic heterocycles. The van der Waals surface area contributed by atoms with Gasteiger partial charge >= 0.3 is 0 Å². The highest BCUT2D eigenvalue weighted by Gasteiger charge is 2.53. The Morgan fingerprint density at radius 2 is 1.96 bits per heavy atom. The standard InChI is InChI=1S/C17H20N4O2/c1-2-6-18-15(4-1)11-22-10-14-5-9-23-17(14)12-21(13-17)16-19-7-3-8-20-16/h1-4,6-8,14H,5,9-13H2. The molecule has 1 unspecified atom stereocenters. The summed E-state index contributed by atoms with van der Waals surface area (Å²) in [5.41, 5.74) is 0.872. The van der Waals surface area contributed by atoms with Crippen molar-refractivity contribution < 1.29 is 9.47 Å². The van der Waals surface area contributed by atoms with E-state index in [1.54, 1.807) is 18.6 Å². The Labute approximate surface area is 135 Å². The predicted molar refractivity (Wildman–Crippen MR) is 84.9 cm³/mol. The molecule has 0 aromatic carbocycles. The number of anilines is 1. The molecule has 0 bridgehead atoms. The summed E-state index contributed by atoms with van der Waals surface area (Å²) in [5, 5.41) is 0. The molecule has 23 heavy (non-hydrogen) atoms. The van der Waals surface area contributed by atoms with Gasteiger partial charge in [0.15, 0.2) is 0 Å². The van der Waals surface area contributed by atoms with Gasteiger partial charge in [-0.3, -0.25) is 4.98 Å². The van der Waals surface area contributed by atoms with Crippen LogP contribution in [0.15, 0.2) is 42.9 Å². The molecule has 0 amide bonds. The molecule has 0 saturated carbocycles. The van der Waals surface area contributed by atoms with E-state index in [9.17, 15) is 0 Å². The quantitative estimate of drug-likeness (QED) is 0.837. The van der Waals surface area contributed by atoms with Crippen molar-refractivity contribution in [2.45, 2.75) is 18.6 Å². The van der Waals surface area contributed by atoms with Gasteiger partial charge in [-0.05, 0) is 24.6 Å². The van der Waals surface area contributed by atoms with Crippen molar-refractivity contribution in [2.75, 3.05) is 31.2 Å². The van der Waals surface area contributed by atoms with Crippen LogP contribution in [0.3, 0.4) is 0 Å². The third-order valence-electron chi connectivity index (χ3n) is 4.65. The highest BCUT2D eigenvalue weighted by Crippen LogP contribution is 2.41. The van der Waals surface area contributed by atoms with Gasteiger partial charge in [0.1, 0.15) is 5.60 Å². The van der Waals surface area contributed by atoms with E-state index in [1.807, 2.05) is 24.3 Å². The van der Waals surface area contributed by atoms with Crippen LogP contribution in [0.5, 0.6) is 0 Å². The Balaban J connectivity index is 1.31. The third kappa shape index (κ3) is 2.92. The second-order valence-electron chi connectivity index (χ2n) is 6.14. The lowest BCUT2D eigenvalue weighted by molar-refractivity contribution is -0.0659. The molecule has 6 heteroatoms. The maximum atomic E-state index is 6.05. The van der Waals surface area contributed by atoms with Crippen LogP contribution in [0.1, 0.15) is 12.1 Å². The topological polar surface area (TPSA) is 60.4 Å². The van der Waals surface area contributed by atoms with Crippen molar-refractivity contribution in [1.82, 2.24) is 15.0 Å². The smallest absolute Gasteiger partial charge is 0.225 e. The number of ether oxygens (including phenoxy) is 2. The maximum absolute atomic E-state index is 6.05. The average Bonchev–Trinajstić information content (AvgIpc) is 2.99. The SMILES string of the molecule is c1ccc(COCC2CCOC23CN(c2ncccn2)C3)nc1. The zero-order chi connectivity index (χ0) is 15.5. The van der Waals surface area contributed by atoms with E-state index in [-0.39, 0.29) is 5.60 Å². The van der Waals surface area contributed by atoms with Gasteiger partial charge in [-0.25, -0.2) is 9.97 Å². The van der Waals surface area contributed by atoms with Gasteiger partial charge in [0.05, 0.1) is 32.0 Å². The van der Waals surface area contributed by atoms with Crippen LogP contribution in [0, 0.1) is 5.92 Å². The van der Waals surface area contributed by atoms with E-state index in [0.29, 0.717) is 19.1 Å². The first-order chi connectivity index (χ1) is 11.4. The summed E-state index contributed by atoms with van der Waals surface area (Å²) in [6.45, 7) is 3.75. The van der Waals surface area contributed by atoms with Crippen LogP contribution in [0.2, 0.25) is 0 Å². The Morgan fingerprint density at radius 3 is 2.74 bits per heavy atom. The number of hydrogen-bond donors (Lipinski definition) is 0. The van der Waals surface area contributed by atoms with Crippen molar-refractivity contribution >= 4 is 5.95 Å². The van der Waals surface area contributed by atoms with Crippen molar-refractivity contribution in [3.8, 4) is 0 Å². The van der Waals surface area contributed by atoms with Gasteiger partial charge < -0.3 is 14.4 Å². The second-order valence-corrected chi connectivity index (χ2v) is 6.14. The number of nitrogens with zero attached hydrogens (tertiary/aromatic N) is 4. The molecular formula is C17H20N4O2. The van der Waals surface area contributed by atoms with Crippen LogP contribution in [0.25, 0.3) is 0 Å². The molecule has 2 saturated heterocycles. The number of hydrogen-bond acceptors (Lipinski definition) is 6. The van der Waals surface area contributed by atoms with Crippen molar-refractivity contribution in [3.63, 3.8) is 0 Å². The third-order valence-corrected chi connectivity index (χ3v) is 4.65. The summed E-state index contributed by atoms with van der Waals surface area (Å²) in [6, 6.07) is 7.71. The van der Waals surface area contributed by atoms with E-state index in [1.165, 1.54) is 0 Å². The van der Waals surface area contributed by atoms with Crippen LogP contribution in [0.4, 0.5) is 5.95 Å². The van der Waals surface area contributed by atoms with E-state index in [0.717, 1.165) is 37.8 Å². The molecule has 6 nitrogen and oxygen atoms in total. The van der Waals surface area contributed by atoms with E-state index >= 15 is 0 Å². The molecule has 0 aliphatic carbocycles. The Morgan fingerprint density at radius 1 is 1.13 bits per heavy atom. The molecule has 2 aromatic rings. The summed E-state index contributed by atoms with van der Waals surface area (Å²) in [6.07, 6.45) is 6.39. The zero-order valence-corrected chi connectivity index (χ0v) is 13.0. The van der Waals surface area contributed by atoms with Crippen LogP contribution in [-0.2, 0) is 16.1 Å². The zero-order valence-electron chi connectivity index (χ0n) is 13.0. The van der Waals surface area contributed by atoms with Gasteiger partial charge in [-0.15, -0.1) is 0 Å². The predicted octanol–water partition coefficient (Wildman–Crippen LogP) is 1.68. The molecular weight excluding hydrogens is 292 g/mol. The molecule has 0 radical (unpaired) electrons. The minimum Gasteiger partial charge on any atom is -0.375 e. The van der Waals surface area contributed by atoms with Gasteiger partial charge in [-0.1, -0.05) is 6.07 Å². The fraction of sp³-hybridized carbons (Fsp3) is 0.471. The minimum absolute atomic E-state index is 0.0939. The van der Waals surface area contributed by atoms with E-state index in [2.05, 4.69) is 19.9 Å². The lowest BCUT2D eigenvalue weighted by Crippen LogP contribution is -2.66. The summed E-state index contributed by atoms with van der Waals surface area (Å²) >= 11 is 0. The van der Waals surface area contributed by atoms with E-state index < -0.39 is 0 Å². The van der Waals surface area contributed by atoms with E-state index in [4.69, 9.17) is 9.47 Å². The molecule has 120 valence electrons. The minimum atomic E-state index is -0.0939. The molecule has 2 aromatic heterocycles. The molecule has 4 heterocycles. The summed E-state index contributed by atoms with van der Waals surface area (Å²) in [5.74, 6) is 1.20. The molecule has 2 aliphatic rings. The normalized spacial score (nSPS) is 22.3. The first kappa shape index (κ1) is 14.5. The molecule has 1 atom stereocenters. The average molecular weight is 312 g/mol. The molecule has 1 spiro atoms. The van der Waals surface area contributed by atoms with Gasteiger partial charge in [0.2, 0.25) is 5.95 Å². The second kappa shape index (κ2) is 6.22. The van der Waals surface area contributed by atoms with Crippen molar-refractivity contribution in [2.24, 2.45) is 5.92 Å². The Hall–Kier alpha value is -2.05. The summed E-state index contributed by atoms with van der Waals surface area (Å²) in [4.78, 5) is 15.1.